The molecule has 4 heteroatoms. The van der Waals surface area contributed by atoms with Gasteiger partial charge < -0.3 is 9.32 Å². The van der Waals surface area contributed by atoms with Gasteiger partial charge in [0, 0.05) is 20.0 Å². The van der Waals surface area contributed by atoms with Crippen molar-refractivity contribution < 1.29 is 9.21 Å². The summed E-state index contributed by atoms with van der Waals surface area (Å²) in [5.74, 6) is 2.31. The molecule has 0 aliphatic carbocycles. The van der Waals surface area contributed by atoms with Crippen molar-refractivity contribution in [2.24, 2.45) is 0 Å². The van der Waals surface area contributed by atoms with Gasteiger partial charge in [0.05, 0.1) is 12.1 Å². The van der Waals surface area contributed by atoms with Crippen molar-refractivity contribution in [1.29, 1.82) is 0 Å². The molecule has 0 saturated carbocycles. The van der Waals surface area contributed by atoms with E-state index in [-0.39, 0.29) is 5.54 Å². The summed E-state index contributed by atoms with van der Waals surface area (Å²) >= 11 is 0. The lowest BCUT2D eigenvalue weighted by atomic mass is 9.80. The van der Waals surface area contributed by atoms with Crippen LogP contribution < -0.4 is 0 Å². The fourth-order valence-corrected chi connectivity index (χ4v) is 3.78. The number of carbonyl (C=O) groups is 1. The van der Waals surface area contributed by atoms with Crippen LogP contribution in [0.3, 0.4) is 0 Å². The molecule has 2 aliphatic rings. The van der Waals surface area contributed by atoms with Crippen LogP contribution in [0.25, 0.3) is 0 Å². The first-order valence-electron chi connectivity index (χ1n) is 7.63. The van der Waals surface area contributed by atoms with Gasteiger partial charge in [0.15, 0.2) is 0 Å². The molecule has 110 valence electrons. The van der Waals surface area contributed by atoms with E-state index in [0.29, 0.717) is 5.91 Å². The van der Waals surface area contributed by atoms with Gasteiger partial charge in [0.1, 0.15) is 11.5 Å². The maximum Gasteiger partial charge on any atom is 0.222 e. The summed E-state index contributed by atoms with van der Waals surface area (Å²) in [6.45, 7) is 4.92. The molecule has 1 aromatic rings. The molecule has 20 heavy (non-hydrogen) atoms. The van der Waals surface area contributed by atoms with Crippen molar-refractivity contribution in [3.05, 3.63) is 23.7 Å². The standard InChI is InChI=1S/C16H24N2O2/c1-13-6-7-14(20-13)11-18-10-4-9-16(12-18)8-3-5-15(19)17(16)2/h6-7H,3-5,8-12H2,1-2H3. The number of rotatable bonds is 2. The van der Waals surface area contributed by atoms with Crippen molar-refractivity contribution in [3.8, 4) is 0 Å². The smallest absolute Gasteiger partial charge is 0.222 e. The first-order valence-corrected chi connectivity index (χ1v) is 7.63. The summed E-state index contributed by atoms with van der Waals surface area (Å²) < 4.78 is 5.69. The first kappa shape index (κ1) is 13.7. The molecule has 2 saturated heterocycles. The van der Waals surface area contributed by atoms with Crippen molar-refractivity contribution in [2.45, 2.75) is 51.1 Å². The summed E-state index contributed by atoms with van der Waals surface area (Å²) in [4.78, 5) is 16.5. The van der Waals surface area contributed by atoms with Gasteiger partial charge in [-0.2, -0.15) is 0 Å². The lowest BCUT2D eigenvalue weighted by molar-refractivity contribution is -0.143. The fraction of sp³-hybridized carbons (Fsp3) is 0.688. The SMILES string of the molecule is Cc1ccc(CN2CCCC3(CCCC(=O)N3C)C2)o1. The van der Waals surface area contributed by atoms with Crippen molar-refractivity contribution in [3.63, 3.8) is 0 Å². The average molecular weight is 276 g/mol. The predicted molar refractivity (Wildman–Crippen MR) is 77.3 cm³/mol. The van der Waals surface area contributed by atoms with Crippen LogP contribution in [-0.4, -0.2) is 41.4 Å². The average Bonchev–Trinajstić information content (AvgIpc) is 2.82. The third kappa shape index (κ3) is 2.49. The second-order valence-electron chi connectivity index (χ2n) is 6.36. The van der Waals surface area contributed by atoms with Gasteiger partial charge >= 0.3 is 0 Å². The van der Waals surface area contributed by atoms with E-state index in [2.05, 4.69) is 11.0 Å². The number of furan rings is 1. The molecular formula is C16H24N2O2. The monoisotopic (exact) mass is 276 g/mol. The topological polar surface area (TPSA) is 36.7 Å². The van der Waals surface area contributed by atoms with Gasteiger partial charge in [0.2, 0.25) is 5.91 Å². The number of aryl methyl sites for hydroxylation is 1. The Kier molecular flexibility index (Phi) is 3.59. The molecule has 0 radical (unpaired) electrons. The van der Waals surface area contributed by atoms with Crippen LogP contribution in [0.4, 0.5) is 0 Å². The third-order valence-electron chi connectivity index (χ3n) is 4.93. The minimum atomic E-state index is 0.0647. The van der Waals surface area contributed by atoms with Crippen molar-refractivity contribution in [2.75, 3.05) is 20.1 Å². The second kappa shape index (κ2) is 5.24. The van der Waals surface area contributed by atoms with Crippen LogP contribution in [-0.2, 0) is 11.3 Å². The Hall–Kier alpha value is -1.29. The quantitative estimate of drug-likeness (QED) is 0.833. The van der Waals surface area contributed by atoms with E-state index < -0.39 is 0 Å². The van der Waals surface area contributed by atoms with E-state index in [1.165, 1.54) is 0 Å². The molecule has 2 fully saturated rings. The van der Waals surface area contributed by atoms with Gasteiger partial charge in [-0.15, -0.1) is 0 Å². The predicted octanol–water partition coefficient (Wildman–Crippen LogP) is 2.56. The van der Waals surface area contributed by atoms with E-state index in [1.807, 2.05) is 24.9 Å². The molecule has 0 bridgehead atoms. The van der Waals surface area contributed by atoms with Crippen molar-refractivity contribution >= 4 is 5.91 Å². The Labute approximate surface area is 120 Å². The molecule has 1 atom stereocenters. The number of hydrogen-bond acceptors (Lipinski definition) is 3. The molecule has 0 N–H and O–H groups in total. The third-order valence-corrected chi connectivity index (χ3v) is 4.93. The summed E-state index contributed by atoms with van der Waals surface area (Å²) in [5.41, 5.74) is 0.0647. The van der Waals surface area contributed by atoms with Crippen LogP contribution in [0, 0.1) is 6.92 Å². The maximum absolute atomic E-state index is 12.0. The summed E-state index contributed by atoms with van der Waals surface area (Å²) in [6.07, 6.45) is 5.20. The van der Waals surface area contributed by atoms with E-state index in [1.54, 1.807) is 0 Å². The minimum absolute atomic E-state index is 0.0647. The van der Waals surface area contributed by atoms with Crippen LogP contribution in [0.15, 0.2) is 16.5 Å². The first-order chi connectivity index (χ1) is 9.59. The molecule has 1 unspecified atom stereocenters. The normalized spacial score (nSPS) is 28.3. The van der Waals surface area contributed by atoms with Crippen molar-refractivity contribution in [1.82, 2.24) is 9.80 Å². The highest BCUT2D eigenvalue weighted by Crippen LogP contribution is 2.36. The highest BCUT2D eigenvalue weighted by atomic mass is 16.3. The number of carbonyl (C=O) groups excluding carboxylic acids is 1. The molecule has 0 aromatic carbocycles. The number of likely N-dealkylation sites (tertiary alicyclic amines) is 2. The Bertz CT molecular complexity index is 492. The fourth-order valence-electron chi connectivity index (χ4n) is 3.78. The Balaban J connectivity index is 1.71. The van der Waals surface area contributed by atoms with E-state index in [0.717, 1.165) is 63.3 Å². The number of piperidine rings is 2. The minimum Gasteiger partial charge on any atom is -0.465 e. The Morgan fingerprint density at radius 1 is 1.30 bits per heavy atom. The molecule has 3 heterocycles. The second-order valence-corrected chi connectivity index (χ2v) is 6.36. The summed E-state index contributed by atoms with van der Waals surface area (Å²) in [7, 11) is 1.99. The molecule has 1 amide bonds. The van der Waals surface area contributed by atoms with E-state index in [9.17, 15) is 4.79 Å². The zero-order chi connectivity index (χ0) is 14.2. The van der Waals surface area contributed by atoms with E-state index in [4.69, 9.17) is 4.42 Å². The van der Waals surface area contributed by atoms with Crippen LogP contribution in [0.1, 0.15) is 43.6 Å². The Morgan fingerprint density at radius 2 is 2.10 bits per heavy atom. The Morgan fingerprint density at radius 3 is 2.85 bits per heavy atom. The zero-order valence-electron chi connectivity index (χ0n) is 12.5. The number of amides is 1. The van der Waals surface area contributed by atoms with Gasteiger partial charge in [-0.1, -0.05) is 0 Å². The maximum atomic E-state index is 12.0. The largest absolute Gasteiger partial charge is 0.465 e. The molecular weight excluding hydrogens is 252 g/mol. The van der Waals surface area contributed by atoms with Gasteiger partial charge in [-0.05, 0) is 51.3 Å². The van der Waals surface area contributed by atoms with E-state index >= 15 is 0 Å². The molecule has 2 aliphatic heterocycles. The van der Waals surface area contributed by atoms with Gasteiger partial charge in [-0.25, -0.2) is 0 Å². The van der Waals surface area contributed by atoms with Gasteiger partial charge in [-0.3, -0.25) is 9.69 Å². The molecule has 1 aromatic heterocycles. The van der Waals surface area contributed by atoms with Crippen LogP contribution in [0.5, 0.6) is 0 Å². The molecule has 4 nitrogen and oxygen atoms in total. The summed E-state index contributed by atoms with van der Waals surface area (Å²) in [5, 5.41) is 0. The highest BCUT2D eigenvalue weighted by molar-refractivity contribution is 5.77. The molecule has 1 spiro atoms. The summed E-state index contributed by atoms with van der Waals surface area (Å²) in [6, 6.07) is 4.08. The lowest BCUT2D eigenvalue weighted by Crippen LogP contribution is -2.60. The van der Waals surface area contributed by atoms with Crippen LogP contribution >= 0.6 is 0 Å². The van der Waals surface area contributed by atoms with Gasteiger partial charge in [0.25, 0.3) is 0 Å². The molecule has 3 rings (SSSR count). The highest BCUT2D eigenvalue weighted by Gasteiger charge is 2.43. The number of hydrogen-bond donors (Lipinski definition) is 0. The lowest BCUT2D eigenvalue weighted by Gasteiger charge is -2.50. The number of likely N-dealkylation sites (N-methyl/N-ethyl adjacent to an activating group) is 1. The number of nitrogens with zero attached hydrogens (tertiary/aromatic N) is 2. The van der Waals surface area contributed by atoms with Crippen LogP contribution in [0.2, 0.25) is 0 Å². The zero-order valence-corrected chi connectivity index (χ0v) is 12.5.